The number of carbonyl (C=O) groups excluding carboxylic acids is 3. The van der Waals surface area contributed by atoms with E-state index in [1.54, 1.807) is 0 Å². The molecule has 74 valence electrons. The van der Waals surface area contributed by atoms with Gasteiger partial charge >= 0.3 is 11.9 Å². The third-order valence-corrected chi connectivity index (χ3v) is 1.26. The van der Waals surface area contributed by atoms with Crippen molar-refractivity contribution in [2.45, 2.75) is 6.42 Å². The molecule has 1 heterocycles. The molecule has 0 unspecified atom stereocenters. The number of carboxylic acids is 1. The van der Waals surface area contributed by atoms with E-state index in [1.807, 2.05) is 0 Å². The lowest BCUT2D eigenvalue weighted by Crippen LogP contribution is -2.33. The second kappa shape index (κ2) is 3.69. The molecule has 0 aromatic rings. The van der Waals surface area contributed by atoms with Crippen molar-refractivity contribution in [1.82, 2.24) is 5.06 Å². The van der Waals surface area contributed by atoms with Crippen molar-refractivity contribution in [3.05, 3.63) is 12.2 Å². The van der Waals surface area contributed by atoms with Crippen LogP contribution in [-0.2, 0) is 24.0 Å². The van der Waals surface area contributed by atoms with E-state index in [1.165, 1.54) is 0 Å². The first-order valence-electron chi connectivity index (χ1n) is 3.49. The molecule has 1 aliphatic heterocycles. The van der Waals surface area contributed by atoms with Crippen LogP contribution in [0.2, 0.25) is 0 Å². The Morgan fingerprint density at radius 2 is 1.79 bits per heavy atom. The van der Waals surface area contributed by atoms with Crippen LogP contribution in [0.1, 0.15) is 6.42 Å². The molecule has 7 heteroatoms. The number of hydrogen-bond acceptors (Lipinski definition) is 5. The van der Waals surface area contributed by atoms with Crippen LogP contribution in [0.5, 0.6) is 0 Å². The van der Waals surface area contributed by atoms with Crippen LogP contribution in [0.15, 0.2) is 12.2 Å². The van der Waals surface area contributed by atoms with Gasteiger partial charge in [-0.25, -0.2) is 4.79 Å². The molecule has 0 aromatic carbocycles. The smallest absolute Gasteiger partial charge is 0.344 e. The van der Waals surface area contributed by atoms with E-state index in [9.17, 15) is 19.2 Å². The Labute approximate surface area is 77.5 Å². The molecule has 2 amide bonds. The minimum absolute atomic E-state index is 0.200. The topological polar surface area (TPSA) is 101 Å². The second-order valence-electron chi connectivity index (χ2n) is 2.34. The van der Waals surface area contributed by atoms with E-state index < -0.39 is 30.2 Å². The van der Waals surface area contributed by atoms with Gasteiger partial charge in [0.25, 0.3) is 11.8 Å². The van der Waals surface area contributed by atoms with Crippen molar-refractivity contribution in [3.8, 4) is 0 Å². The van der Waals surface area contributed by atoms with Crippen molar-refractivity contribution in [2.75, 3.05) is 0 Å². The average molecular weight is 199 g/mol. The van der Waals surface area contributed by atoms with Gasteiger partial charge in [-0.15, -0.1) is 0 Å². The number of imide groups is 1. The van der Waals surface area contributed by atoms with Crippen molar-refractivity contribution in [3.63, 3.8) is 0 Å². The van der Waals surface area contributed by atoms with E-state index >= 15 is 0 Å². The molecule has 14 heavy (non-hydrogen) atoms. The molecule has 1 aliphatic rings. The number of nitrogens with zero attached hydrogens (tertiary/aromatic N) is 1. The molecule has 0 fully saturated rings. The predicted molar refractivity (Wildman–Crippen MR) is 39.3 cm³/mol. The Bertz CT molecular complexity index is 326. The summed E-state index contributed by atoms with van der Waals surface area (Å²) in [6.07, 6.45) is 0.920. The zero-order valence-corrected chi connectivity index (χ0v) is 6.80. The summed E-state index contributed by atoms with van der Waals surface area (Å²) in [7, 11) is 0. The van der Waals surface area contributed by atoms with Gasteiger partial charge in [-0.1, -0.05) is 5.06 Å². The van der Waals surface area contributed by atoms with Gasteiger partial charge in [0.1, 0.15) is 6.42 Å². The van der Waals surface area contributed by atoms with Crippen molar-refractivity contribution in [1.29, 1.82) is 0 Å². The molecule has 0 spiro atoms. The lowest BCUT2D eigenvalue weighted by atomic mass is 10.4. The maximum absolute atomic E-state index is 10.8. The number of hydrogen-bond donors (Lipinski definition) is 1. The molecule has 0 saturated carbocycles. The fourth-order valence-electron chi connectivity index (χ4n) is 0.734. The quantitative estimate of drug-likeness (QED) is 0.454. The fraction of sp³-hybridized carbons (Fsp3) is 0.143. The molecule has 1 rings (SSSR count). The van der Waals surface area contributed by atoms with Gasteiger partial charge in [-0.3, -0.25) is 14.4 Å². The van der Waals surface area contributed by atoms with Gasteiger partial charge in [0.2, 0.25) is 0 Å². The molecule has 0 saturated heterocycles. The summed E-state index contributed by atoms with van der Waals surface area (Å²) in [6, 6.07) is 0. The third-order valence-electron chi connectivity index (χ3n) is 1.26. The van der Waals surface area contributed by atoms with E-state index in [0.29, 0.717) is 0 Å². The van der Waals surface area contributed by atoms with Gasteiger partial charge in [-0.05, 0) is 0 Å². The normalized spacial score (nSPS) is 14.7. The molecule has 7 nitrogen and oxygen atoms in total. The highest BCUT2D eigenvalue weighted by atomic mass is 16.7. The van der Waals surface area contributed by atoms with Crippen molar-refractivity contribution >= 4 is 23.8 Å². The highest BCUT2D eigenvalue weighted by molar-refractivity contribution is 6.12. The molecular weight excluding hydrogens is 194 g/mol. The van der Waals surface area contributed by atoms with Crippen LogP contribution in [0.3, 0.4) is 0 Å². The third kappa shape index (κ3) is 2.16. The van der Waals surface area contributed by atoms with Gasteiger partial charge in [-0.2, -0.15) is 0 Å². The monoisotopic (exact) mass is 199 g/mol. The summed E-state index contributed by atoms with van der Waals surface area (Å²) in [6.45, 7) is 0. The Morgan fingerprint density at radius 1 is 1.29 bits per heavy atom. The minimum Gasteiger partial charge on any atom is -0.481 e. The second-order valence-corrected chi connectivity index (χ2v) is 2.34. The lowest BCUT2D eigenvalue weighted by molar-refractivity contribution is -0.197. The Kier molecular flexibility index (Phi) is 2.61. The zero-order valence-electron chi connectivity index (χ0n) is 6.80. The summed E-state index contributed by atoms with van der Waals surface area (Å²) < 4.78 is 0. The lowest BCUT2D eigenvalue weighted by Gasteiger charge is -2.11. The largest absolute Gasteiger partial charge is 0.481 e. The molecule has 0 radical (unpaired) electrons. The molecule has 0 aromatic heterocycles. The molecule has 0 bridgehead atoms. The van der Waals surface area contributed by atoms with Crippen LogP contribution in [0.4, 0.5) is 0 Å². The standard InChI is InChI=1S/C7H5NO6/c9-4-1-2-5(10)8(4)14-7(13)3-6(11)12/h1-2H,3H2,(H,11,12). The van der Waals surface area contributed by atoms with Crippen LogP contribution in [-0.4, -0.2) is 33.9 Å². The highest BCUT2D eigenvalue weighted by Crippen LogP contribution is 2.05. The number of carbonyl (C=O) groups is 4. The van der Waals surface area contributed by atoms with Gasteiger partial charge in [0.05, 0.1) is 0 Å². The first-order chi connectivity index (χ1) is 6.50. The van der Waals surface area contributed by atoms with Crippen LogP contribution >= 0.6 is 0 Å². The summed E-state index contributed by atoms with van der Waals surface area (Å²) >= 11 is 0. The van der Waals surface area contributed by atoms with Gasteiger partial charge in [0.15, 0.2) is 0 Å². The first-order valence-corrected chi connectivity index (χ1v) is 3.49. The molecule has 1 N–H and O–H groups in total. The van der Waals surface area contributed by atoms with Gasteiger partial charge in [0, 0.05) is 12.2 Å². The maximum Gasteiger partial charge on any atom is 0.344 e. The summed E-state index contributed by atoms with van der Waals surface area (Å²) in [5, 5.41) is 8.38. The zero-order chi connectivity index (χ0) is 10.7. The number of amides is 2. The first kappa shape index (κ1) is 9.90. The molecular formula is C7H5NO6. The Morgan fingerprint density at radius 3 is 2.21 bits per heavy atom. The Hall–Kier alpha value is -2.18. The number of hydroxylamine groups is 2. The SMILES string of the molecule is O=C(O)CC(=O)ON1C(=O)C=CC1=O. The van der Waals surface area contributed by atoms with Crippen LogP contribution in [0, 0.1) is 0 Å². The molecule has 0 atom stereocenters. The van der Waals surface area contributed by atoms with E-state index in [0.717, 1.165) is 12.2 Å². The summed E-state index contributed by atoms with van der Waals surface area (Å²) in [4.78, 5) is 46.6. The summed E-state index contributed by atoms with van der Waals surface area (Å²) in [5.41, 5.74) is 0. The fourth-order valence-corrected chi connectivity index (χ4v) is 0.734. The number of carboxylic acid groups (broad SMARTS) is 1. The Balaban J connectivity index is 2.53. The van der Waals surface area contributed by atoms with Gasteiger partial charge < -0.3 is 9.94 Å². The van der Waals surface area contributed by atoms with E-state index in [4.69, 9.17) is 5.11 Å². The number of rotatable bonds is 3. The number of aliphatic carboxylic acids is 1. The minimum atomic E-state index is -1.40. The van der Waals surface area contributed by atoms with E-state index in [2.05, 4.69) is 4.84 Å². The van der Waals surface area contributed by atoms with Crippen molar-refractivity contribution in [2.24, 2.45) is 0 Å². The maximum atomic E-state index is 10.8. The van der Waals surface area contributed by atoms with Crippen LogP contribution < -0.4 is 0 Å². The van der Waals surface area contributed by atoms with Crippen LogP contribution in [0.25, 0.3) is 0 Å². The predicted octanol–water partition coefficient (Wildman–Crippen LogP) is -1.16. The summed E-state index contributed by atoms with van der Waals surface area (Å²) in [5.74, 6) is -4.20. The van der Waals surface area contributed by atoms with E-state index in [-0.39, 0.29) is 5.06 Å². The average Bonchev–Trinajstić information content (AvgIpc) is 2.34. The highest BCUT2D eigenvalue weighted by Gasteiger charge is 2.28. The molecule has 0 aliphatic carbocycles. The van der Waals surface area contributed by atoms with Crippen molar-refractivity contribution < 1.29 is 29.1 Å².